The van der Waals surface area contributed by atoms with Crippen LogP contribution in [0.2, 0.25) is 0 Å². The predicted octanol–water partition coefficient (Wildman–Crippen LogP) is 3.88. The molecule has 0 aliphatic rings. The first kappa shape index (κ1) is 10.8. The molecule has 3 rings (SSSR count). The lowest BCUT2D eigenvalue weighted by Crippen LogP contribution is -2.02. The molecule has 0 saturated carbocycles. The molecule has 3 nitrogen and oxygen atoms in total. The molecule has 0 amide bonds. The van der Waals surface area contributed by atoms with Crippen molar-refractivity contribution in [3.05, 3.63) is 52.4 Å². The van der Waals surface area contributed by atoms with Gasteiger partial charge in [0.15, 0.2) is 0 Å². The minimum atomic E-state index is -0.0550. The summed E-state index contributed by atoms with van der Waals surface area (Å²) in [6.45, 7) is 7.52. The van der Waals surface area contributed by atoms with Crippen LogP contribution in [0.15, 0.2) is 44.5 Å². The van der Waals surface area contributed by atoms with Crippen LogP contribution in [0, 0.1) is 6.92 Å². The van der Waals surface area contributed by atoms with E-state index in [1.165, 1.54) is 0 Å². The van der Waals surface area contributed by atoms with Crippen molar-refractivity contribution >= 4 is 27.7 Å². The summed E-state index contributed by atoms with van der Waals surface area (Å²) in [5, 5.41) is 1.08. The van der Waals surface area contributed by atoms with E-state index in [0.29, 0.717) is 22.1 Å². The van der Waals surface area contributed by atoms with Crippen LogP contribution in [0.1, 0.15) is 18.2 Å². The Labute approximate surface area is 103 Å². The number of hydrogen-bond donors (Lipinski definition) is 0. The molecule has 0 saturated heterocycles. The summed E-state index contributed by atoms with van der Waals surface area (Å²) in [6.07, 6.45) is 0. The van der Waals surface area contributed by atoms with E-state index < -0.39 is 0 Å². The Bertz CT molecular complexity index is 834. The van der Waals surface area contributed by atoms with E-state index in [1.54, 1.807) is 12.1 Å². The van der Waals surface area contributed by atoms with Crippen molar-refractivity contribution in [2.75, 3.05) is 0 Å². The van der Waals surface area contributed by atoms with Gasteiger partial charge in [-0.15, -0.1) is 0 Å². The Hall–Kier alpha value is -2.29. The SMILES string of the molecule is C=C(C)c1cc2c(=O)c3c(C)cccc3oc2o1. The minimum Gasteiger partial charge on any atom is -0.425 e. The van der Waals surface area contributed by atoms with Gasteiger partial charge in [0, 0.05) is 0 Å². The van der Waals surface area contributed by atoms with Gasteiger partial charge in [-0.2, -0.15) is 0 Å². The van der Waals surface area contributed by atoms with E-state index in [9.17, 15) is 4.79 Å². The molecule has 0 aliphatic carbocycles. The molecule has 0 atom stereocenters. The Kier molecular flexibility index (Phi) is 2.17. The van der Waals surface area contributed by atoms with Crippen molar-refractivity contribution in [1.29, 1.82) is 0 Å². The van der Waals surface area contributed by atoms with E-state index in [4.69, 9.17) is 8.83 Å². The molecule has 3 heteroatoms. The van der Waals surface area contributed by atoms with Gasteiger partial charge in [-0.05, 0) is 37.1 Å². The predicted molar refractivity (Wildman–Crippen MR) is 71.7 cm³/mol. The second-order valence-corrected chi connectivity index (χ2v) is 4.47. The topological polar surface area (TPSA) is 43.4 Å². The zero-order valence-electron chi connectivity index (χ0n) is 10.2. The first-order valence-corrected chi connectivity index (χ1v) is 5.70. The van der Waals surface area contributed by atoms with Crippen molar-refractivity contribution in [2.24, 2.45) is 0 Å². The zero-order chi connectivity index (χ0) is 12.9. The molecule has 2 heterocycles. The van der Waals surface area contributed by atoms with Gasteiger partial charge >= 0.3 is 5.78 Å². The summed E-state index contributed by atoms with van der Waals surface area (Å²) in [5.74, 6) is 0.843. The number of fused-ring (bicyclic) bond motifs is 2. The van der Waals surface area contributed by atoms with Gasteiger partial charge in [-0.1, -0.05) is 18.7 Å². The number of benzene rings is 1. The number of hydrogen-bond acceptors (Lipinski definition) is 3. The molecule has 0 bridgehead atoms. The maximum absolute atomic E-state index is 12.4. The molecule has 2 aromatic heterocycles. The van der Waals surface area contributed by atoms with Crippen LogP contribution >= 0.6 is 0 Å². The Morgan fingerprint density at radius 2 is 2.06 bits per heavy atom. The summed E-state index contributed by atoms with van der Waals surface area (Å²) in [5.41, 5.74) is 2.17. The van der Waals surface area contributed by atoms with Crippen molar-refractivity contribution in [3.63, 3.8) is 0 Å². The average Bonchev–Trinajstić information content (AvgIpc) is 2.73. The monoisotopic (exact) mass is 240 g/mol. The molecular formula is C15H12O3. The second kappa shape index (κ2) is 3.60. The van der Waals surface area contributed by atoms with Crippen molar-refractivity contribution in [2.45, 2.75) is 13.8 Å². The molecule has 0 radical (unpaired) electrons. The van der Waals surface area contributed by atoms with E-state index in [1.807, 2.05) is 26.0 Å². The Morgan fingerprint density at radius 3 is 2.78 bits per heavy atom. The molecule has 90 valence electrons. The number of aryl methyl sites for hydroxylation is 1. The lowest BCUT2D eigenvalue weighted by molar-refractivity contribution is 0.487. The fourth-order valence-corrected chi connectivity index (χ4v) is 2.07. The third-order valence-corrected chi connectivity index (χ3v) is 3.03. The van der Waals surface area contributed by atoms with E-state index in [2.05, 4.69) is 6.58 Å². The molecule has 0 spiro atoms. The fraction of sp³-hybridized carbons (Fsp3) is 0.133. The number of furan rings is 1. The summed E-state index contributed by atoms with van der Waals surface area (Å²) in [4.78, 5) is 12.4. The van der Waals surface area contributed by atoms with Crippen LogP contribution in [0.5, 0.6) is 0 Å². The highest BCUT2D eigenvalue weighted by Crippen LogP contribution is 2.25. The van der Waals surface area contributed by atoms with Crippen LogP contribution in [0.4, 0.5) is 0 Å². The highest BCUT2D eigenvalue weighted by Gasteiger charge is 2.14. The summed E-state index contributed by atoms with van der Waals surface area (Å²) >= 11 is 0. The van der Waals surface area contributed by atoms with Crippen LogP contribution in [-0.2, 0) is 0 Å². The maximum Gasteiger partial charge on any atom is 0.302 e. The Morgan fingerprint density at radius 1 is 1.28 bits per heavy atom. The summed E-state index contributed by atoms with van der Waals surface area (Å²) in [7, 11) is 0. The smallest absolute Gasteiger partial charge is 0.302 e. The van der Waals surface area contributed by atoms with Crippen molar-refractivity contribution < 1.29 is 8.83 Å². The molecule has 0 N–H and O–H groups in total. The highest BCUT2D eigenvalue weighted by molar-refractivity contribution is 5.90. The van der Waals surface area contributed by atoms with Crippen LogP contribution in [-0.4, -0.2) is 0 Å². The normalized spacial score (nSPS) is 11.2. The zero-order valence-corrected chi connectivity index (χ0v) is 10.2. The van der Waals surface area contributed by atoms with Crippen LogP contribution < -0.4 is 5.43 Å². The highest BCUT2D eigenvalue weighted by atomic mass is 16.5. The number of allylic oxidation sites excluding steroid dienone is 1. The van der Waals surface area contributed by atoms with Gasteiger partial charge in [-0.25, -0.2) is 0 Å². The number of rotatable bonds is 1. The van der Waals surface area contributed by atoms with E-state index in [-0.39, 0.29) is 11.2 Å². The van der Waals surface area contributed by atoms with Crippen LogP contribution in [0.25, 0.3) is 27.7 Å². The molecule has 0 aliphatic heterocycles. The maximum atomic E-state index is 12.4. The molecule has 18 heavy (non-hydrogen) atoms. The first-order valence-electron chi connectivity index (χ1n) is 5.70. The van der Waals surface area contributed by atoms with Crippen molar-refractivity contribution in [3.8, 4) is 0 Å². The quantitative estimate of drug-likeness (QED) is 0.648. The minimum absolute atomic E-state index is 0.0550. The van der Waals surface area contributed by atoms with Gasteiger partial charge < -0.3 is 8.83 Å². The third-order valence-electron chi connectivity index (χ3n) is 3.03. The molecule has 3 aromatic rings. The van der Waals surface area contributed by atoms with Gasteiger partial charge in [0.05, 0.1) is 5.39 Å². The van der Waals surface area contributed by atoms with Gasteiger partial charge in [-0.3, -0.25) is 4.79 Å². The molecule has 0 unspecified atom stereocenters. The largest absolute Gasteiger partial charge is 0.425 e. The lowest BCUT2D eigenvalue weighted by Gasteiger charge is -1.99. The lowest BCUT2D eigenvalue weighted by atomic mass is 10.1. The summed E-state index contributed by atoms with van der Waals surface area (Å²) < 4.78 is 11.1. The molecular weight excluding hydrogens is 228 g/mol. The molecule has 1 aromatic carbocycles. The second-order valence-electron chi connectivity index (χ2n) is 4.47. The average molecular weight is 240 g/mol. The summed E-state index contributed by atoms with van der Waals surface area (Å²) in [6, 6.07) is 7.21. The van der Waals surface area contributed by atoms with Crippen LogP contribution in [0.3, 0.4) is 0 Å². The van der Waals surface area contributed by atoms with Gasteiger partial charge in [0.1, 0.15) is 16.7 Å². The van der Waals surface area contributed by atoms with E-state index >= 15 is 0 Å². The molecule has 0 fully saturated rings. The Balaban J connectivity index is 2.53. The standard InChI is InChI=1S/C15H12O3/c1-8(2)12-7-10-14(16)13-9(3)5-4-6-11(13)17-15(10)18-12/h4-7H,1H2,2-3H3. The van der Waals surface area contributed by atoms with Gasteiger partial charge in [0.2, 0.25) is 5.43 Å². The third kappa shape index (κ3) is 1.40. The van der Waals surface area contributed by atoms with E-state index in [0.717, 1.165) is 11.1 Å². The van der Waals surface area contributed by atoms with Gasteiger partial charge in [0.25, 0.3) is 0 Å². The fourth-order valence-electron chi connectivity index (χ4n) is 2.07. The first-order chi connectivity index (χ1) is 8.58. The van der Waals surface area contributed by atoms with Crippen molar-refractivity contribution in [1.82, 2.24) is 0 Å².